The average molecular weight is 266 g/mol. The Morgan fingerprint density at radius 3 is 2.55 bits per heavy atom. The number of rotatable bonds is 4. The summed E-state index contributed by atoms with van der Waals surface area (Å²) in [6.45, 7) is 2.13. The maximum atomic E-state index is 10.4. The molecule has 1 aliphatic carbocycles. The largest absolute Gasteiger partial charge is 0.388 e. The van der Waals surface area contributed by atoms with Gasteiger partial charge in [-0.05, 0) is 53.9 Å². The van der Waals surface area contributed by atoms with Gasteiger partial charge in [-0.2, -0.15) is 0 Å². The Kier molecular flexibility index (Phi) is 3.88. The quantitative estimate of drug-likeness (QED) is 0.883. The third kappa shape index (κ3) is 2.78. The van der Waals surface area contributed by atoms with Crippen LogP contribution in [0.2, 0.25) is 0 Å². The van der Waals surface area contributed by atoms with E-state index in [2.05, 4.69) is 25.1 Å². The van der Waals surface area contributed by atoms with Crippen LogP contribution in [0.5, 0.6) is 0 Å². The number of aliphatic hydroxyl groups excluding tert-OH is 1. The third-order valence-corrected chi connectivity index (χ3v) is 4.40. The molecule has 2 aromatic rings. The summed E-state index contributed by atoms with van der Waals surface area (Å²) in [7, 11) is 0. The SMILES string of the molecule is CC(Cc1ccc2c(c1)CCC2)C(O)c1ccccc1. The zero-order chi connectivity index (χ0) is 13.9. The van der Waals surface area contributed by atoms with E-state index in [-0.39, 0.29) is 12.0 Å². The molecule has 0 radical (unpaired) electrons. The fraction of sp³-hybridized carbons (Fsp3) is 0.368. The van der Waals surface area contributed by atoms with Crippen molar-refractivity contribution in [3.05, 3.63) is 70.8 Å². The molecule has 1 N–H and O–H groups in total. The van der Waals surface area contributed by atoms with Crippen LogP contribution in [0.1, 0.15) is 41.7 Å². The van der Waals surface area contributed by atoms with Gasteiger partial charge in [-0.15, -0.1) is 0 Å². The Morgan fingerprint density at radius 1 is 1.00 bits per heavy atom. The minimum atomic E-state index is -0.385. The van der Waals surface area contributed by atoms with E-state index in [1.54, 1.807) is 0 Å². The highest BCUT2D eigenvalue weighted by molar-refractivity contribution is 5.35. The van der Waals surface area contributed by atoms with Gasteiger partial charge in [-0.25, -0.2) is 0 Å². The molecule has 20 heavy (non-hydrogen) atoms. The predicted molar refractivity (Wildman–Crippen MR) is 82.7 cm³/mol. The molecule has 0 aromatic heterocycles. The van der Waals surface area contributed by atoms with E-state index in [1.165, 1.54) is 36.0 Å². The van der Waals surface area contributed by atoms with Crippen LogP contribution >= 0.6 is 0 Å². The summed E-state index contributed by atoms with van der Waals surface area (Å²) in [5, 5.41) is 10.4. The molecule has 0 saturated heterocycles. The van der Waals surface area contributed by atoms with Gasteiger partial charge in [0.1, 0.15) is 0 Å². The van der Waals surface area contributed by atoms with E-state index in [0.29, 0.717) is 0 Å². The highest BCUT2D eigenvalue weighted by atomic mass is 16.3. The lowest BCUT2D eigenvalue weighted by Crippen LogP contribution is -2.12. The monoisotopic (exact) mass is 266 g/mol. The van der Waals surface area contributed by atoms with Crippen LogP contribution < -0.4 is 0 Å². The maximum Gasteiger partial charge on any atom is 0.0818 e. The molecule has 0 bridgehead atoms. The molecule has 2 unspecified atom stereocenters. The van der Waals surface area contributed by atoms with Gasteiger partial charge in [0, 0.05) is 0 Å². The van der Waals surface area contributed by atoms with Gasteiger partial charge in [0.2, 0.25) is 0 Å². The van der Waals surface area contributed by atoms with E-state index >= 15 is 0 Å². The minimum absolute atomic E-state index is 0.233. The van der Waals surface area contributed by atoms with Gasteiger partial charge in [-0.3, -0.25) is 0 Å². The fourth-order valence-corrected chi connectivity index (χ4v) is 3.21. The van der Waals surface area contributed by atoms with Crippen LogP contribution in [0.25, 0.3) is 0 Å². The van der Waals surface area contributed by atoms with Crippen molar-refractivity contribution in [1.82, 2.24) is 0 Å². The summed E-state index contributed by atoms with van der Waals surface area (Å²) in [5.74, 6) is 0.233. The fourth-order valence-electron chi connectivity index (χ4n) is 3.21. The molecule has 0 amide bonds. The van der Waals surface area contributed by atoms with Crippen molar-refractivity contribution in [2.24, 2.45) is 5.92 Å². The van der Waals surface area contributed by atoms with Crippen molar-refractivity contribution in [2.75, 3.05) is 0 Å². The summed E-state index contributed by atoms with van der Waals surface area (Å²) < 4.78 is 0. The lowest BCUT2D eigenvalue weighted by molar-refractivity contribution is 0.117. The number of aliphatic hydroxyl groups is 1. The third-order valence-electron chi connectivity index (χ3n) is 4.40. The molecule has 104 valence electrons. The summed E-state index contributed by atoms with van der Waals surface area (Å²) >= 11 is 0. The van der Waals surface area contributed by atoms with E-state index in [4.69, 9.17) is 0 Å². The Hall–Kier alpha value is -1.60. The summed E-state index contributed by atoms with van der Waals surface area (Å²) in [6.07, 6.45) is 4.30. The predicted octanol–water partition coefficient (Wildman–Crippen LogP) is 4.09. The van der Waals surface area contributed by atoms with Crippen LogP contribution in [-0.4, -0.2) is 5.11 Å². The molecule has 2 aromatic carbocycles. The molecule has 3 rings (SSSR count). The highest BCUT2D eigenvalue weighted by Gasteiger charge is 2.18. The normalized spacial score (nSPS) is 16.7. The first-order chi connectivity index (χ1) is 9.74. The van der Waals surface area contributed by atoms with Gasteiger partial charge in [0.15, 0.2) is 0 Å². The zero-order valence-electron chi connectivity index (χ0n) is 12.0. The molecule has 2 atom stereocenters. The van der Waals surface area contributed by atoms with Gasteiger partial charge < -0.3 is 5.11 Å². The first-order valence-corrected chi connectivity index (χ1v) is 7.58. The van der Waals surface area contributed by atoms with Crippen molar-refractivity contribution in [3.63, 3.8) is 0 Å². The van der Waals surface area contributed by atoms with Crippen LogP contribution in [0.3, 0.4) is 0 Å². The van der Waals surface area contributed by atoms with Gasteiger partial charge >= 0.3 is 0 Å². The lowest BCUT2D eigenvalue weighted by Gasteiger charge is -2.19. The topological polar surface area (TPSA) is 20.2 Å². The average Bonchev–Trinajstić information content (AvgIpc) is 2.95. The Bertz CT molecular complexity index is 574. The van der Waals surface area contributed by atoms with Crippen molar-refractivity contribution in [3.8, 4) is 0 Å². The van der Waals surface area contributed by atoms with Crippen LogP contribution in [0, 0.1) is 5.92 Å². The second-order valence-electron chi connectivity index (χ2n) is 5.99. The first-order valence-electron chi connectivity index (χ1n) is 7.58. The van der Waals surface area contributed by atoms with Gasteiger partial charge in [0.05, 0.1) is 6.10 Å². The van der Waals surface area contributed by atoms with E-state index < -0.39 is 0 Å². The molecule has 0 spiro atoms. The van der Waals surface area contributed by atoms with E-state index in [9.17, 15) is 5.11 Å². The second kappa shape index (κ2) is 5.80. The molecule has 0 heterocycles. The summed E-state index contributed by atoms with van der Waals surface area (Å²) in [5.41, 5.74) is 5.41. The van der Waals surface area contributed by atoms with E-state index in [0.717, 1.165) is 12.0 Å². The molecular formula is C19H22O. The van der Waals surface area contributed by atoms with Crippen LogP contribution in [-0.2, 0) is 19.3 Å². The van der Waals surface area contributed by atoms with E-state index in [1.807, 2.05) is 30.3 Å². The van der Waals surface area contributed by atoms with Crippen molar-refractivity contribution < 1.29 is 5.11 Å². The number of hydrogen-bond donors (Lipinski definition) is 1. The molecule has 0 saturated carbocycles. The molecular weight excluding hydrogens is 244 g/mol. The second-order valence-corrected chi connectivity index (χ2v) is 5.99. The number of aryl methyl sites for hydroxylation is 2. The van der Waals surface area contributed by atoms with Gasteiger partial charge in [-0.1, -0.05) is 55.5 Å². The molecule has 0 aliphatic heterocycles. The summed E-state index contributed by atoms with van der Waals surface area (Å²) in [6, 6.07) is 16.8. The standard InChI is InChI=1S/C19H22O/c1-14(19(20)17-6-3-2-4-7-17)12-15-10-11-16-8-5-9-18(16)13-15/h2-4,6-7,10-11,13-14,19-20H,5,8-9,12H2,1H3. The first kappa shape index (κ1) is 13.4. The van der Waals surface area contributed by atoms with Gasteiger partial charge in [0.25, 0.3) is 0 Å². The minimum Gasteiger partial charge on any atom is -0.388 e. The number of fused-ring (bicyclic) bond motifs is 1. The molecule has 0 fully saturated rings. The Balaban J connectivity index is 1.71. The van der Waals surface area contributed by atoms with Crippen molar-refractivity contribution in [2.45, 2.75) is 38.7 Å². The highest BCUT2D eigenvalue weighted by Crippen LogP contribution is 2.27. The maximum absolute atomic E-state index is 10.4. The lowest BCUT2D eigenvalue weighted by atomic mass is 9.90. The molecule has 1 aliphatic rings. The smallest absolute Gasteiger partial charge is 0.0818 e. The van der Waals surface area contributed by atoms with Crippen LogP contribution in [0.15, 0.2) is 48.5 Å². The van der Waals surface area contributed by atoms with Crippen molar-refractivity contribution >= 4 is 0 Å². The Labute approximate surface area is 121 Å². The van der Waals surface area contributed by atoms with Crippen molar-refractivity contribution in [1.29, 1.82) is 0 Å². The molecule has 1 heteroatoms. The number of benzene rings is 2. The zero-order valence-corrected chi connectivity index (χ0v) is 12.0. The molecule has 1 nitrogen and oxygen atoms in total. The van der Waals surface area contributed by atoms with Crippen LogP contribution in [0.4, 0.5) is 0 Å². The number of hydrogen-bond acceptors (Lipinski definition) is 1. The summed E-state index contributed by atoms with van der Waals surface area (Å²) in [4.78, 5) is 0. The Morgan fingerprint density at radius 2 is 1.75 bits per heavy atom.